The molecule has 0 aliphatic carbocycles. The Balaban J connectivity index is 1.34. The molecule has 172 valence electrons. The number of piperidine rings is 1. The Bertz CT molecular complexity index is 1120. The van der Waals surface area contributed by atoms with E-state index in [2.05, 4.69) is 34.1 Å². The second kappa shape index (κ2) is 9.94. The van der Waals surface area contributed by atoms with Crippen LogP contribution in [0.1, 0.15) is 66.2 Å². The van der Waals surface area contributed by atoms with Crippen LogP contribution in [0.4, 0.5) is 5.69 Å². The summed E-state index contributed by atoms with van der Waals surface area (Å²) in [7, 11) is 0. The minimum absolute atomic E-state index is 0.110. The monoisotopic (exact) mass is 446 g/mol. The molecule has 8 nitrogen and oxygen atoms in total. The van der Waals surface area contributed by atoms with Gasteiger partial charge in [-0.15, -0.1) is 0 Å². The van der Waals surface area contributed by atoms with Crippen molar-refractivity contribution >= 4 is 17.5 Å². The number of carbonyl (C=O) groups excluding carboxylic acids is 2. The first-order valence-corrected chi connectivity index (χ1v) is 11.4. The van der Waals surface area contributed by atoms with E-state index in [0.29, 0.717) is 30.9 Å². The van der Waals surface area contributed by atoms with Crippen molar-refractivity contribution in [3.63, 3.8) is 0 Å². The maximum absolute atomic E-state index is 12.8. The summed E-state index contributed by atoms with van der Waals surface area (Å²) >= 11 is 0. The lowest BCUT2D eigenvalue weighted by Crippen LogP contribution is -2.40. The summed E-state index contributed by atoms with van der Waals surface area (Å²) in [6.45, 7) is 7.66. The number of hydrogen-bond donors (Lipinski definition) is 1. The first kappa shape index (κ1) is 22.6. The van der Waals surface area contributed by atoms with Gasteiger partial charge in [-0.1, -0.05) is 32.0 Å². The van der Waals surface area contributed by atoms with Crippen LogP contribution in [0.3, 0.4) is 0 Å². The van der Waals surface area contributed by atoms with Crippen molar-refractivity contribution < 1.29 is 9.59 Å². The third kappa shape index (κ3) is 5.27. The molecule has 0 unspecified atom stereocenters. The highest BCUT2D eigenvalue weighted by Gasteiger charge is 2.26. The Morgan fingerprint density at radius 2 is 1.85 bits per heavy atom. The van der Waals surface area contributed by atoms with Crippen molar-refractivity contribution in [3.8, 4) is 0 Å². The molecule has 0 saturated carbocycles. The van der Waals surface area contributed by atoms with E-state index in [1.165, 1.54) is 0 Å². The number of likely N-dealkylation sites (tertiary alicyclic amines) is 1. The molecule has 1 N–H and O–H groups in total. The quantitative estimate of drug-likeness (QED) is 0.622. The molecule has 1 aliphatic heterocycles. The lowest BCUT2D eigenvalue weighted by Gasteiger charge is -2.31. The van der Waals surface area contributed by atoms with Gasteiger partial charge in [0.15, 0.2) is 0 Å². The second-order valence-corrected chi connectivity index (χ2v) is 8.77. The van der Waals surface area contributed by atoms with E-state index >= 15 is 0 Å². The van der Waals surface area contributed by atoms with Gasteiger partial charge in [-0.3, -0.25) is 9.59 Å². The van der Waals surface area contributed by atoms with Crippen molar-refractivity contribution in [2.45, 2.75) is 52.0 Å². The number of para-hydroxylation sites is 1. The molecule has 1 fully saturated rings. The average Bonchev–Trinajstić information content (AvgIpc) is 3.28. The van der Waals surface area contributed by atoms with Gasteiger partial charge in [0.25, 0.3) is 5.91 Å². The number of imidazole rings is 1. The predicted octanol–water partition coefficient (Wildman–Crippen LogP) is 3.76. The number of amides is 2. The molecule has 0 spiro atoms. The Morgan fingerprint density at radius 1 is 1.12 bits per heavy atom. The van der Waals surface area contributed by atoms with Gasteiger partial charge in [-0.05, 0) is 31.9 Å². The van der Waals surface area contributed by atoms with Crippen molar-refractivity contribution in [2.24, 2.45) is 0 Å². The van der Waals surface area contributed by atoms with Crippen LogP contribution in [0, 0.1) is 6.92 Å². The number of hydrogen-bond acceptors (Lipinski definition) is 5. The van der Waals surface area contributed by atoms with Crippen LogP contribution in [-0.2, 0) is 11.3 Å². The summed E-state index contributed by atoms with van der Waals surface area (Å²) in [5.74, 6) is 2.02. The number of nitrogens with zero attached hydrogens (tertiary/aromatic N) is 5. The van der Waals surface area contributed by atoms with Crippen LogP contribution in [0.2, 0.25) is 0 Å². The number of carbonyl (C=O) groups is 2. The summed E-state index contributed by atoms with van der Waals surface area (Å²) in [6.07, 6.45) is 6.84. The number of nitrogens with one attached hydrogen (secondary N) is 1. The molecule has 33 heavy (non-hydrogen) atoms. The molecule has 2 aromatic heterocycles. The highest BCUT2D eigenvalue weighted by molar-refractivity contribution is 6.04. The average molecular weight is 447 g/mol. The van der Waals surface area contributed by atoms with Crippen molar-refractivity contribution in [1.82, 2.24) is 24.4 Å². The van der Waals surface area contributed by atoms with Crippen LogP contribution in [0.15, 0.2) is 48.9 Å². The number of aryl methyl sites for hydroxylation is 1. The number of benzene rings is 1. The number of aromatic nitrogens is 4. The molecular weight excluding hydrogens is 416 g/mol. The molecule has 0 radical (unpaired) electrons. The van der Waals surface area contributed by atoms with Crippen molar-refractivity contribution in [2.75, 3.05) is 18.4 Å². The fraction of sp³-hybridized carbons (Fsp3) is 0.400. The molecule has 0 atom stereocenters. The molecular formula is C25H30N6O2. The number of rotatable bonds is 6. The fourth-order valence-electron chi connectivity index (χ4n) is 4.21. The Kier molecular flexibility index (Phi) is 6.82. The topological polar surface area (TPSA) is 93.0 Å². The van der Waals surface area contributed by atoms with Crippen LogP contribution in [-0.4, -0.2) is 49.3 Å². The van der Waals surface area contributed by atoms with Gasteiger partial charge in [0.2, 0.25) is 5.91 Å². The van der Waals surface area contributed by atoms with Gasteiger partial charge in [0.1, 0.15) is 18.2 Å². The Morgan fingerprint density at radius 3 is 2.52 bits per heavy atom. The van der Waals surface area contributed by atoms with Gasteiger partial charge >= 0.3 is 0 Å². The first-order valence-electron chi connectivity index (χ1n) is 11.4. The summed E-state index contributed by atoms with van der Waals surface area (Å²) in [6, 6.07) is 9.33. The molecule has 0 bridgehead atoms. The van der Waals surface area contributed by atoms with E-state index in [1.807, 2.05) is 52.9 Å². The standard InChI is InChI=1S/C25H30N6O2/c1-17(2)24-26-11-14-31(24)16-22(32)30-12-9-19(10-13-30)23-27-15-21(18(3)28-23)25(33)29-20-7-5-4-6-8-20/h4-8,11,14-15,17,19H,9-10,12-13,16H2,1-3H3,(H,29,33). The maximum Gasteiger partial charge on any atom is 0.259 e. The fourth-order valence-corrected chi connectivity index (χ4v) is 4.21. The first-order chi connectivity index (χ1) is 15.9. The van der Waals surface area contributed by atoms with E-state index in [4.69, 9.17) is 0 Å². The zero-order chi connectivity index (χ0) is 23.4. The van der Waals surface area contributed by atoms with Crippen molar-refractivity contribution in [3.05, 3.63) is 71.8 Å². The Labute approximate surface area is 194 Å². The zero-order valence-electron chi connectivity index (χ0n) is 19.4. The lowest BCUT2D eigenvalue weighted by molar-refractivity contribution is -0.133. The molecule has 2 amide bonds. The highest BCUT2D eigenvalue weighted by Crippen LogP contribution is 2.26. The smallest absolute Gasteiger partial charge is 0.259 e. The molecule has 1 aromatic carbocycles. The largest absolute Gasteiger partial charge is 0.341 e. The van der Waals surface area contributed by atoms with Gasteiger partial charge in [0.05, 0.1) is 11.3 Å². The summed E-state index contributed by atoms with van der Waals surface area (Å²) in [5, 5.41) is 2.88. The molecule has 4 rings (SSSR count). The zero-order valence-corrected chi connectivity index (χ0v) is 19.4. The van der Waals surface area contributed by atoms with Gasteiger partial charge < -0.3 is 14.8 Å². The maximum atomic E-state index is 12.8. The van der Waals surface area contributed by atoms with E-state index < -0.39 is 0 Å². The summed E-state index contributed by atoms with van der Waals surface area (Å²) in [5.41, 5.74) is 1.86. The molecule has 1 aliphatic rings. The highest BCUT2D eigenvalue weighted by atomic mass is 16.2. The predicted molar refractivity (Wildman–Crippen MR) is 126 cm³/mol. The van der Waals surface area contributed by atoms with Crippen LogP contribution >= 0.6 is 0 Å². The molecule has 1 saturated heterocycles. The normalized spacial score (nSPS) is 14.5. The van der Waals surface area contributed by atoms with Crippen LogP contribution in [0.5, 0.6) is 0 Å². The summed E-state index contributed by atoms with van der Waals surface area (Å²) < 4.78 is 1.94. The van der Waals surface area contributed by atoms with E-state index in [-0.39, 0.29) is 23.7 Å². The van der Waals surface area contributed by atoms with Gasteiger partial charge in [-0.2, -0.15) is 0 Å². The number of anilines is 1. The van der Waals surface area contributed by atoms with Gasteiger partial charge in [0, 0.05) is 49.2 Å². The minimum atomic E-state index is -0.217. The second-order valence-electron chi connectivity index (χ2n) is 8.77. The van der Waals surface area contributed by atoms with E-state index in [9.17, 15) is 9.59 Å². The third-order valence-electron chi connectivity index (χ3n) is 6.06. The molecule has 3 heterocycles. The van der Waals surface area contributed by atoms with Crippen molar-refractivity contribution in [1.29, 1.82) is 0 Å². The third-order valence-corrected chi connectivity index (χ3v) is 6.06. The SMILES string of the molecule is Cc1nc(C2CCN(C(=O)Cn3ccnc3C(C)C)CC2)ncc1C(=O)Nc1ccccc1. The van der Waals surface area contributed by atoms with Gasteiger partial charge in [-0.25, -0.2) is 15.0 Å². The lowest BCUT2D eigenvalue weighted by atomic mass is 9.95. The van der Waals surface area contributed by atoms with E-state index in [1.54, 1.807) is 12.4 Å². The summed E-state index contributed by atoms with van der Waals surface area (Å²) in [4.78, 5) is 40.8. The molecule has 3 aromatic rings. The van der Waals surface area contributed by atoms with E-state index in [0.717, 1.165) is 30.2 Å². The Hall–Kier alpha value is -3.55. The molecule has 8 heteroatoms. The minimum Gasteiger partial charge on any atom is -0.341 e. The van der Waals surface area contributed by atoms with Crippen LogP contribution in [0.25, 0.3) is 0 Å². The van der Waals surface area contributed by atoms with Crippen LogP contribution < -0.4 is 5.32 Å².